The molecule has 0 bridgehead atoms. The Bertz CT molecular complexity index is 1060. The van der Waals surface area contributed by atoms with E-state index in [1.807, 2.05) is 13.0 Å². The van der Waals surface area contributed by atoms with Crippen molar-refractivity contribution < 1.29 is 9.50 Å². The molecule has 0 atom stereocenters. The monoisotopic (exact) mass is 334 g/mol. The molecule has 2 aromatic heterocycles. The van der Waals surface area contributed by atoms with Crippen molar-refractivity contribution in [1.29, 1.82) is 0 Å². The number of benzene rings is 2. The Labute approximate surface area is 143 Å². The third-order valence-electron chi connectivity index (χ3n) is 4.00. The van der Waals surface area contributed by atoms with Crippen molar-refractivity contribution in [2.45, 2.75) is 13.3 Å². The van der Waals surface area contributed by atoms with Gasteiger partial charge in [0.25, 0.3) is 0 Å². The molecule has 0 fully saturated rings. The molecule has 4 rings (SSSR count). The molecule has 4 aromatic rings. The average molecular weight is 334 g/mol. The molecule has 0 spiro atoms. The van der Waals surface area contributed by atoms with Gasteiger partial charge in [0.05, 0.1) is 11.1 Å². The van der Waals surface area contributed by atoms with Gasteiger partial charge in [-0.3, -0.25) is 0 Å². The second-order valence-corrected chi connectivity index (χ2v) is 5.85. The minimum absolute atomic E-state index is 0.0563. The van der Waals surface area contributed by atoms with Gasteiger partial charge in [-0.25, -0.2) is 19.3 Å². The van der Waals surface area contributed by atoms with Gasteiger partial charge in [0.2, 0.25) is 0 Å². The van der Waals surface area contributed by atoms with Crippen molar-refractivity contribution in [3.8, 4) is 17.1 Å². The minimum atomic E-state index is -0.264. The first-order valence-electron chi connectivity index (χ1n) is 7.85. The highest BCUT2D eigenvalue weighted by molar-refractivity contribution is 5.88. The van der Waals surface area contributed by atoms with E-state index in [0.29, 0.717) is 23.3 Å². The van der Waals surface area contributed by atoms with Crippen LogP contribution >= 0.6 is 0 Å². The lowest BCUT2D eigenvalue weighted by molar-refractivity contribution is 0.482. The smallest absolute Gasteiger partial charge is 0.163 e. The molecule has 0 aliphatic rings. The minimum Gasteiger partial charge on any atom is -0.505 e. The number of nitrogens with one attached hydrogen (secondary N) is 1. The van der Waals surface area contributed by atoms with E-state index < -0.39 is 0 Å². The van der Waals surface area contributed by atoms with Crippen LogP contribution in [0.4, 0.5) is 4.39 Å². The number of fused-ring (bicyclic) bond motifs is 1. The van der Waals surface area contributed by atoms with E-state index in [-0.39, 0.29) is 11.6 Å². The van der Waals surface area contributed by atoms with Gasteiger partial charge in [0, 0.05) is 18.3 Å². The molecule has 0 unspecified atom stereocenters. The van der Waals surface area contributed by atoms with E-state index >= 15 is 0 Å². The number of imidazole rings is 1. The van der Waals surface area contributed by atoms with Crippen LogP contribution in [0.25, 0.3) is 22.4 Å². The normalized spacial score (nSPS) is 11.1. The van der Waals surface area contributed by atoms with Gasteiger partial charge in [-0.15, -0.1) is 0 Å². The Morgan fingerprint density at radius 3 is 2.64 bits per heavy atom. The average Bonchev–Trinajstić information content (AvgIpc) is 2.99. The Morgan fingerprint density at radius 1 is 1.04 bits per heavy atom. The fourth-order valence-corrected chi connectivity index (χ4v) is 2.80. The highest BCUT2D eigenvalue weighted by Gasteiger charge is 2.14. The number of rotatable bonds is 3. The SMILES string of the molecule is Cc1nc2c(O)c(-c3nccc(Cc4ccc(F)cc4)n3)ccc2[nH]1. The maximum absolute atomic E-state index is 13.0. The summed E-state index contributed by atoms with van der Waals surface area (Å²) in [6, 6.07) is 11.7. The number of aryl methyl sites for hydroxylation is 1. The van der Waals surface area contributed by atoms with E-state index in [1.54, 1.807) is 30.5 Å². The molecule has 2 aromatic carbocycles. The van der Waals surface area contributed by atoms with Crippen LogP contribution in [0.15, 0.2) is 48.7 Å². The van der Waals surface area contributed by atoms with Gasteiger partial charge in [-0.1, -0.05) is 12.1 Å². The summed E-state index contributed by atoms with van der Waals surface area (Å²) in [5.41, 5.74) is 3.53. The Balaban J connectivity index is 1.71. The number of phenols is 1. The van der Waals surface area contributed by atoms with E-state index in [4.69, 9.17) is 0 Å². The number of aromatic amines is 1. The third kappa shape index (κ3) is 2.94. The van der Waals surface area contributed by atoms with Crippen LogP contribution in [0.2, 0.25) is 0 Å². The molecule has 0 saturated heterocycles. The summed E-state index contributed by atoms with van der Waals surface area (Å²) in [5, 5.41) is 10.5. The first-order chi connectivity index (χ1) is 12.1. The summed E-state index contributed by atoms with van der Waals surface area (Å²) in [6.07, 6.45) is 2.21. The maximum atomic E-state index is 13.0. The molecule has 25 heavy (non-hydrogen) atoms. The van der Waals surface area contributed by atoms with E-state index in [1.165, 1.54) is 12.1 Å². The van der Waals surface area contributed by atoms with Gasteiger partial charge in [0.15, 0.2) is 11.6 Å². The number of hydrogen-bond acceptors (Lipinski definition) is 4. The zero-order valence-corrected chi connectivity index (χ0v) is 13.5. The van der Waals surface area contributed by atoms with Crippen LogP contribution in [-0.4, -0.2) is 25.0 Å². The van der Waals surface area contributed by atoms with Crippen LogP contribution in [-0.2, 0) is 6.42 Å². The summed E-state index contributed by atoms with van der Waals surface area (Å²) in [5.74, 6) is 0.952. The molecule has 0 aliphatic heterocycles. The lowest BCUT2D eigenvalue weighted by Gasteiger charge is -2.06. The van der Waals surface area contributed by atoms with Gasteiger partial charge >= 0.3 is 0 Å². The van der Waals surface area contributed by atoms with Gasteiger partial charge in [0.1, 0.15) is 17.2 Å². The number of phenolic OH excluding ortho intramolecular Hbond substituents is 1. The second kappa shape index (κ2) is 5.98. The molecule has 6 heteroatoms. The van der Waals surface area contributed by atoms with E-state index in [0.717, 1.165) is 22.6 Å². The molecule has 0 saturated carbocycles. The van der Waals surface area contributed by atoms with Crippen molar-refractivity contribution in [3.05, 3.63) is 71.6 Å². The first-order valence-corrected chi connectivity index (χ1v) is 7.85. The molecular weight excluding hydrogens is 319 g/mol. The van der Waals surface area contributed by atoms with Crippen LogP contribution in [0.1, 0.15) is 17.1 Å². The molecule has 2 heterocycles. The van der Waals surface area contributed by atoms with Gasteiger partial charge in [-0.05, 0) is 42.8 Å². The molecule has 0 radical (unpaired) electrons. The van der Waals surface area contributed by atoms with Crippen LogP contribution in [0.3, 0.4) is 0 Å². The topological polar surface area (TPSA) is 74.7 Å². The molecule has 124 valence electrons. The summed E-state index contributed by atoms with van der Waals surface area (Å²) in [6.45, 7) is 1.83. The third-order valence-corrected chi connectivity index (χ3v) is 4.00. The molecule has 0 aliphatic carbocycles. The zero-order valence-electron chi connectivity index (χ0n) is 13.5. The predicted molar refractivity (Wildman–Crippen MR) is 92.7 cm³/mol. The number of nitrogens with zero attached hydrogens (tertiary/aromatic N) is 3. The number of H-pyrrole nitrogens is 1. The van der Waals surface area contributed by atoms with Crippen molar-refractivity contribution in [1.82, 2.24) is 19.9 Å². The highest BCUT2D eigenvalue weighted by atomic mass is 19.1. The largest absolute Gasteiger partial charge is 0.505 e. The number of hydrogen-bond donors (Lipinski definition) is 2. The summed E-state index contributed by atoms with van der Waals surface area (Å²) >= 11 is 0. The molecular formula is C19H15FN4O. The fourth-order valence-electron chi connectivity index (χ4n) is 2.80. The standard InChI is InChI=1S/C19H15FN4O/c1-11-22-16-7-6-15(18(25)17(16)23-11)19-21-9-8-14(24-19)10-12-2-4-13(20)5-3-12/h2-9,25H,10H2,1H3,(H,22,23). The molecule has 2 N–H and O–H groups in total. The Morgan fingerprint density at radius 2 is 1.84 bits per heavy atom. The van der Waals surface area contributed by atoms with Gasteiger partial charge in [-0.2, -0.15) is 0 Å². The van der Waals surface area contributed by atoms with Crippen molar-refractivity contribution >= 4 is 11.0 Å². The van der Waals surface area contributed by atoms with Crippen molar-refractivity contribution in [2.75, 3.05) is 0 Å². The van der Waals surface area contributed by atoms with Crippen molar-refractivity contribution in [3.63, 3.8) is 0 Å². The predicted octanol–water partition coefficient (Wildman–Crippen LogP) is 3.76. The lowest BCUT2D eigenvalue weighted by Crippen LogP contribution is -1.97. The molecule has 0 amide bonds. The summed E-state index contributed by atoms with van der Waals surface area (Å²) in [4.78, 5) is 16.2. The zero-order chi connectivity index (χ0) is 17.4. The van der Waals surface area contributed by atoms with Crippen LogP contribution < -0.4 is 0 Å². The van der Waals surface area contributed by atoms with Crippen LogP contribution in [0, 0.1) is 12.7 Å². The number of aromatic hydroxyl groups is 1. The quantitative estimate of drug-likeness (QED) is 0.598. The summed E-state index contributed by atoms with van der Waals surface area (Å²) < 4.78 is 13.0. The second-order valence-electron chi connectivity index (χ2n) is 5.85. The Hall–Kier alpha value is -3.28. The summed E-state index contributed by atoms with van der Waals surface area (Å²) in [7, 11) is 0. The van der Waals surface area contributed by atoms with E-state index in [9.17, 15) is 9.50 Å². The lowest BCUT2D eigenvalue weighted by atomic mass is 10.1. The number of halogens is 1. The number of aromatic nitrogens is 4. The van der Waals surface area contributed by atoms with Crippen LogP contribution in [0.5, 0.6) is 5.75 Å². The molecule has 5 nitrogen and oxygen atoms in total. The van der Waals surface area contributed by atoms with E-state index in [2.05, 4.69) is 19.9 Å². The fraction of sp³-hybridized carbons (Fsp3) is 0.105. The highest BCUT2D eigenvalue weighted by Crippen LogP contribution is 2.33. The van der Waals surface area contributed by atoms with Crippen molar-refractivity contribution in [2.24, 2.45) is 0 Å². The Kier molecular flexibility index (Phi) is 3.65. The van der Waals surface area contributed by atoms with Gasteiger partial charge < -0.3 is 10.1 Å². The first kappa shape index (κ1) is 15.3. The maximum Gasteiger partial charge on any atom is 0.163 e.